The van der Waals surface area contributed by atoms with Crippen molar-refractivity contribution in [1.82, 2.24) is 19.0 Å². The molecule has 0 aliphatic carbocycles. The summed E-state index contributed by atoms with van der Waals surface area (Å²) in [6, 6.07) is 1.58. The molecule has 0 unspecified atom stereocenters. The van der Waals surface area contributed by atoms with Crippen LogP contribution in [-0.4, -0.2) is 60.6 Å². The quantitative estimate of drug-likeness (QED) is 0.754. The molecule has 0 N–H and O–H groups in total. The van der Waals surface area contributed by atoms with Gasteiger partial charge in [-0.2, -0.15) is 9.40 Å². The zero-order valence-electron chi connectivity index (χ0n) is 12.3. The largest absolute Gasteiger partial charge is 0.302 e. The third-order valence-corrected chi connectivity index (χ3v) is 5.60. The molecule has 2 rings (SSSR count). The van der Waals surface area contributed by atoms with Crippen molar-refractivity contribution in [2.45, 2.75) is 37.8 Å². The molecule has 0 spiro atoms. The van der Waals surface area contributed by atoms with Gasteiger partial charge >= 0.3 is 0 Å². The lowest BCUT2D eigenvalue weighted by atomic mass is 10.4. The summed E-state index contributed by atoms with van der Waals surface area (Å²) in [4.78, 5) is 2.31. The second kappa shape index (κ2) is 6.69. The number of nitrogens with zero attached hydrogens (tertiary/aromatic N) is 4. The van der Waals surface area contributed by atoms with Gasteiger partial charge in [-0.1, -0.05) is 6.92 Å². The molecule has 0 radical (unpaired) electrons. The number of hydrogen-bond acceptors (Lipinski definition) is 4. The summed E-state index contributed by atoms with van der Waals surface area (Å²) in [7, 11) is -1.79. The van der Waals surface area contributed by atoms with Crippen molar-refractivity contribution in [2.24, 2.45) is 0 Å². The molecule has 0 amide bonds. The normalized spacial score (nSPS) is 17.1. The van der Waals surface area contributed by atoms with Crippen LogP contribution in [0, 0.1) is 0 Å². The fourth-order valence-corrected chi connectivity index (χ4v) is 3.77. The molecule has 1 aliphatic heterocycles. The van der Waals surface area contributed by atoms with Gasteiger partial charge in [-0.25, -0.2) is 8.42 Å². The zero-order chi connectivity index (χ0) is 14.6. The average Bonchev–Trinajstić information content (AvgIpc) is 3.07. The smallest absolute Gasteiger partial charge is 0.260 e. The van der Waals surface area contributed by atoms with E-state index < -0.39 is 10.0 Å². The molecule has 0 saturated carbocycles. The van der Waals surface area contributed by atoms with E-state index in [-0.39, 0.29) is 0 Å². The second-order valence-corrected chi connectivity index (χ2v) is 7.26. The van der Waals surface area contributed by atoms with Gasteiger partial charge in [0, 0.05) is 26.7 Å². The number of aryl methyl sites for hydroxylation is 1. The summed E-state index contributed by atoms with van der Waals surface area (Å²) in [5.41, 5.74) is 0. The Labute approximate surface area is 121 Å². The van der Waals surface area contributed by atoms with Crippen molar-refractivity contribution in [3.8, 4) is 0 Å². The first-order valence-corrected chi connectivity index (χ1v) is 8.70. The van der Waals surface area contributed by atoms with Crippen LogP contribution in [0.2, 0.25) is 0 Å². The summed E-state index contributed by atoms with van der Waals surface area (Å²) in [5, 5.41) is 4.39. The average molecular weight is 300 g/mol. The van der Waals surface area contributed by atoms with E-state index >= 15 is 0 Å². The maximum atomic E-state index is 12.5. The van der Waals surface area contributed by atoms with Gasteiger partial charge in [0.15, 0.2) is 5.03 Å². The molecular weight excluding hydrogens is 276 g/mol. The van der Waals surface area contributed by atoms with Crippen LogP contribution < -0.4 is 0 Å². The predicted molar refractivity (Wildman–Crippen MR) is 78.0 cm³/mol. The summed E-state index contributed by atoms with van der Waals surface area (Å²) in [5.74, 6) is 0. The predicted octanol–water partition coefficient (Wildman–Crippen LogP) is 1.01. The SMILES string of the molecule is CCCn1nccc1S(=O)(=O)N(C)CCN1CCCC1. The molecule has 1 aliphatic rings. The Kier molecular flexibility index (Phi) is 5.17. The highest BCUT2D eigenvalue weighted by Gasteiger charge is 2.25. The highest BCUT2D eigenvalue weighted by atomic mass is 32.2. The molecule has 20 heavy (non-hydrogen) atoms. The molecule has 2 heterocycles. The molecule has 1 fully saturated rings. The molecule has 0 atom stereocenters. The summed E-state index contributed by atoms with van der Waals surface area (Å²) < 4.78 is 28.1. The Morgan fingerprint density at radius 1 is 1.30 bits per heavy atom. The van der Waals surface area contributed by atoms with E-state index in [0.717, 1.165) is 26.1 Å². The van der Waals surface area contributed by atoms with Gasteiger partial charge in [0.05, 0.1) is 6.20 Å². The standard InChI is InChI=1S/C13H24N4O2S/c1-3-8-17-13(6-7-14-17)20(18,19)15(2)11-12-16-9-4-5-10-16/h6-7H,3-5,8-12H2,1-2H3. The van der Waals surface area contributed by atoms with Crippen LogP contribution >= 0.6 is 0 Å². The van der Waals surface area contributed by atoms with Crippen LogP contribution in [0.1, 0.15) is 26.2 Å². The highest BCUT2D eigenvalue weighted by molar-refractivity contribution is 7.89. The van der Waals surface area contributed by atoms with E-state index in [1.165, 1.54) is 17.1 Å². The third-order valence-electron chi connectivity index (χ3n) is 3.72. The number of sulfonamides is 1. The Hall–Kier alpha value is -0.920. The van der Waals surface area contributed by atoms with Crippen molar-refractivity contribution >= 4 is 10.0 Å². The van der Waals surface area contributed by atoms with E-state index in [1.807, 2.05) is 6.92 Å². The second-order valence-electron chi connectivity index (χ2n) is 5.27. The summed E-state index contributed by atoms with van der Waals surface area (Å²) >= 11 is 0. The molecule has 0 aromatic carbocycles. The zero-order valence-corrected chi connectivity index (χ0v) is 13.1. The molecule has 0 bridgehead atoms. The molecule has 1 aromatic rings. The van der Waals surface area contributed by atoms with E-state index in [0.29, 0.717) is 18.1 Å². The van der Waals surface area contributed by atoms with E-state index in [9.17, 15) is 8.42 Å². The first-order chi connectivity index (χ1) is 9.55. The first kappa shape index (κ1) is 15.5. The molecular formula is C13H24N4O2S. The minimum atomic E-state index is -3.43. The van der Waals surface area contributed by atoms with Gasteiger partial charge in [-0.05, 0) is 38.4 Å². The molecule has 114 valence electrons. The number of likely N-dealkylation sites (tertiary alicyclic amines) is 1. The highest BCUT2D eigenvalue weighted by Crippen LogP contribution is 2.15. The summed E-state index contributed by atoms with van der Waals surface area (Å²) in [6.45, 7) is 6.14. The minimum Gasteiger partial charge on any atom is -0.302 e. The van der Waals surface area contributed by atoms with Crippen LogP contribution in [0.5, 0.6) is 0 Å². The Bertz CT molecular complexity index is 520. The lowest BCUT2D eigenvalue weighted by Gasteiger charge is -2.21. The van der Waals surface area contributed by atoms with Gasteiger partial charge < -0.3 is 4.90 Å². The van der Waals surface area contributed by atoms with Gasteiger partial charge in [0.25, 0.3) is 10.0 Å². The van der Waals surface area contributed by atoms with Crippen LogP contribution in [0.3, 0.4) is 0 Å². The fraction of sp³-hybridized carbons (Fsp3) is 0.769. The van der Waals surface area contributed by atoms with Crippen LogP contribution in [0.25, 0.3) is 0 Å². The van der Waals surface area contributed by atoms with E-state index in [2.05, 4.69) is 10.00 Å². The Balaban J connectivity index is 2.02. The molecule has 6 nitrogen and oxygen atoms in total. The van der Waals surface area contributed by atoms with E-state index in [4.69, 9.17) is 0 Å². The van der Waals surface area contributed by atoms with Gasteiger partial charge in [0.2, 0.25) is 0 Å². The number of likely N-dealkylation sites (N-methyl/N-ethyl adjacent to an activating group) is 1. The van der Waals surface area contributed by atoms with Crippen molar-refractivity contribution in [3.63, 3.8) is 0 Å². The molecule has 1 saturated heterocycles. The third kappa shape index (κ3) is 3.39. The van der Waals surface area contributed by atoms with Crippen molar-refractivity contribution in [3.05, 3.63) is 12.3 Å². The van der Waals surface area contributed by atoms with Crippen LogP contribution in [0.15, 0.2) is 17.3 Å². The lowest BCUT2D eigenvalue weighted by molar-refractivity contribution is 0.309. The van der Waals surface area contributed by atoms with Gasteiger partial charge in [0.1, 0.15) is 0 Å². The van der Waals surface area contributed by atoms with E-state index in [1.54, 1.807) is 24.0 Å². The van der Waals surface area contributed by atoms with Gasteiger partial charge in [-0.15, -0.1) is 0 Å². The monoisotopic (exact) mass is 300 g/mol. The fourth-order valence-electron chi connectivity index (χ4n) is 2.49. The Morgan fingerprint density at radius 2 is 2.00 bits per heavy atom. The Morgan fingerprint density at radius 3 is 2.65 bits per heavy atom. The first-order valence-electron chi connectivity index (χ1n) is 7.26. The lowest BCUT2D eigenvalue weighted by Crippen LogP contribution is -2.36. The number of aromatic nitrogens is 2. The number of rotatable bonds is 7. The maximum absolute atomic E-state index is 12.5. The minimum absolute atomic E-state index is 0.295. The molecule has 7 heteroatoms. The van der Waals surface area contributed by atoms with Gasteiger partial charge in [-0.3, -0.25) is 4.68 Å². The maximum Gasteiger partial charge on any atom is 0.260 e. The topological polar surface area (TPSA) is 58.4 Å². The van der Waals surface area contributed by atoms with Crippen molar-refractivity contribution in [1.29, 1.82) is 0 Å². The van der Waals surface area contributed by atoms with Crippen molar-refractivity contribution in [2.75, 3.05) is 33.2 Å². The summed E-state index contributed by atoms with van der Waals surface area (Å²) in [6.07, 6.45) is 4.86. The van der Waals surface area contributed by atoms with Crippen LogP contribution in [-0.2, 0) is 16.6 Å². The van der Waals surface area contributed by atoms with Crippen molar-refractivity contribution < 1.29 is 8.42 Å². The number of hydrogen-bond donors (Lipinski definition) is 0. The van der Waals surface area contributed by atoms with Crippen LogP contribution in [0.4, 0.5) is 0 Å². The molecule has 1 aromatic heterocycles.